The van der Waals surface area contributed by atoms with Crippen LogP contribution in [0, 0.1) is 11.7 Å². The van der Waals surface area contributed by atoms with Crippen LogP contribution in [0.15, 0.2) is 18.2 Å². The van der Waals surface area contributed by atoms with Gasteiger partial charge in [0.15, 0.2) is 0 Å². The maximum atomic E-state index is 13.5. The summed E-state index contributed by atoms with van der Waals surface area (Å²) in [4.78, 5) is 1.95. The Hall–Kier alpha value is -1.29. The quantitative estimate of drug-likeness (QED) is 0.722. The Bertz CT molecular complexity index is 356. The molecule has 1 fully saturated rings. The van der Waals surface area contributed by atoms with E-state index in [1.165, 1.54) is 6.07 Å². The lowest BCUT2D eigenvalue weighted by Crippen LogP contribution is -2.21. The summed E-state index contributed by atoms with van der Waals surface area (Å²) in [6, 6.07) is 4.73. The van der Waals surface area contributed by atoms with E-state index in [0.717, 1.165) is 19.5 Å². The summed E-state index contributed by atoms with van der Waals surface area (Å²) in [5.74, 6) is -0.0180. The van der Waals surface area contributed by atoms with Crippen LogP contribution in [0.1, 0.15) is 6.42 Å². The Kier molecular flexibility index (Phi) is 2.77. The molecule has 0 radical (unpaired) electrons. The molecule has 3 nitrogen and oxygen atoms in total. The second kappa shape index (κ2) is 4.06. The number of nitrogens with two attached hydrogens (primary N) is 1. The van der Waals surface area contributed by atoms with Gasteiger partial charge in [0.1, 0.15) is 5.82 Å². The zero-order chi connectivity index (χ0) is 10.8. The van der Waals surface area contributed by atoms with Gasteiger partial charge in [-0.3, -0.25) is 0 Å². The highest BCUT2D eigenvalue weighted by Crippen LogP contribution is 2.27. The van der Waals surface area contributed by atoms with Crippen molar-refractivity contribution < 1.29 is 9.50 Å². The van der Waals surface area contributed by atoms with Crippen molar-refractivity contribution in [2.24, 2.45) is 5.92 Å². The van der Waals surface area contributed by atoms with E-state index in [-0.39, 0.29) is 18.3 Å². The smallest absolute Gasteiger partial charge is 0.148 e. The van der Waals surface area contributed by atoms with Crippen LogP contribution in [-0.4, -0.2) is 24.8 Å². The van der Waals surface area contributed by atoms with E-state index in [1.807, 2.05) is 4.90 Å². The zero-order valence-corrected chi connectivity index (χ0v) is 8.49. The Balaban J connectivity index is 2.17. The summed E-state index contributed by atoms with van der Waals surface area (Å²) in [6.45, 7) is 1.69. The van der Waals surface area contributed by atoms with Crippen LogP contribution in [0.4, 0.5) is 15.8 Å². The van der Waals surface area contributed by atoms with Gasteiger partial charge in [-0.05, 0) is 24.6 Å². The topological polar surface area (TPSA) is 49.5 Å². The SMILES string of the molecule is Nc1ccc(N2CC[C@@H](CO)C2)c(F)c1. The van der Waals surface area contributed by atoms with Crippen molar-refractivity contribution in [3.8, 4) is 0 Å². The predicted molar refractivity (Wildman–Crippen MR) is 58.2 cm³/mol. The molecule has 4 heteroatoms. The van der Waals surface area contributed by atoms with Crippen molar-refractivity contribution in [1.82, 2.24) is 0 Å². The Labute approximate surface area is 88.3 Å². The lowest BCUT2D eigenvalue weighted by atomic mass is 10.1. The fourth-order valence-corrected chi connectivity index (χ4v) is 1.98. The first-order valence-electron chi connectivity index (χ1n) is 5.11. The summed E-state index contributed by atoms with van der Waals surface area (Å²) in [7, 11) is 0. The maximum Gasteiger partial charge on any atom is 0.148 e. The number of benzene rings is 1. The van der Waals surface area contributed by atoms with Crippen LogP contribution in [-0.2, 0) is 0 Å². The molecule has 1 aliphatic rings. The molecule has 0 aromatic heterocycles. The van der Waals surface area contributed by atoms with Crippen LogP contribution in [0.5, 0.6) is 0 Å². The molecule has 0 spiro atoms. The fourth-order valence-electron chi connectivity index (χ4n) is 1.98. The number of anilines is 2. The number of hydrogen-bond acceptors (Lipinski definition) is 3. The minimum atomic E-state index is -0.284. The third-order valence-electron chi connectivity index (χ3n) is 2.86. The van der Waals surface area contributed by atoms with Gasteiger partial charge in [0, 0.05) is 31.3 Å². The van der Waals surface area contributed by atoms with Crippen molar-refractivity contribution in [3.05, 3.63) is 24.0 Å². The summed E-state index contributed by atoms with van der Waals surface area (Å²) in [6.07, 6.45) is 0.917. The molecule has 82 valence electrons. The van der Waals surface area contributed by atoms with Gasteiger partial charge in [0.25, 0.3) is 0 Å². The lowest BCUT2D eigenvalue weighted by Gasteiger charge is -2.19. The van der Waals surface area contributed by atoms with Crippen molar-refractivity contribution >= 4 is 11.4 Å². The Morgan fingerprint density at radius 2 is 2.33 bits per heavy atom. The third kappa shape index (κ3) is 2.04. The molecule has 0 unspecified atom stereocenters. The molecule has 1 heterocycles. The van der Waals surface area contributed by atoms with Crippen LogP contribution in [0.3, 0.4) is 0 Å². The van der Waals surface area contributed by atoms with Crippen molar-refractivity contribution in [2.45, 2.75) is 6.42 Å². The summed E-state index contributed by atoms with van der Waals surface area (Å²) in [5, 5.41) is 9.00. The van der Waals surface area contributed by atoms with Crippen LogP contribution < -0.4 is 10.6 Å². The molecular weight excluding hydrogens is 195 g/mol. The van der Waals surface area contributed by atoms with Gasteiger partial charge in [-0.2, -0.15) is 0 Å². The number of aliphatic hydroxyl groups is 1. The van der Waals surface area contributed by atoms with Gasteiger partial charge >= 0.3 is 0 Å². The highest BCUT2D eigenvalue weighted by molar-refractivity contribution is 5.55. The summed E-state index contributed by atoms with van der Waals surface area (Å²) in [5.41, 5.74) is 6.50. The monoisotopic (exact) mass is 210 g/mol. The highest BCUT2D eigenvalue weighted by atomic mass is 19.1. The molecular formula is C11H15FN2O. The largest absolute Gasteiger partial charge is 0.399 e. The van der Waals surface area contributed by atoms with Crippen molar-refractivity contribution in [2.75, 3.05) is 30.3 Å². The molecule has 2 rings (SSSR count). The maximum absolute atomic E-state index is 13.5. The van der Waals surface area contributed by atoms with Gasteiger partial charge in [0.2, 0.25) is 0 Å². The zero-order valence-electron chi connectivity index (χ0n) is 8.49. The van der Waals surface area contributed by atoms with E-state index >= 15 is 0 Å². The Morgan fingerprint density at radius 3 is 2.93 bits per heavy atom. The first-order valence-corrected chi connectivity index (χ1v) is 5.11. The molecule has 1 aliphatic heterocycles. The fraction of sp³-hybridized carbons (Fsp3) is 0.455. The van der Waals surface area contributed by atoms with E-state index in [1.54, 1.807) is 12.1 Å². The van der Waals surface area contributed by atoms with Gasteiger partial charge < -0.3 is 15.7 Å². The average Bonchev–Trinajstić information content (AvgIpc) is 2.66. The average molecular weight is 210 g/mol. The molecule has 0 aliphatic carbocycles. The minimum Gasteiger partial charge on any atom is -0.399 e. The number of halogens is 1. The Morgan fingerprint density at radius 1 is 1.53 bits per heavy atom. The molecule has 0 bridgehead atoms. The number of nitrogen functional groups attached to an aromatic ring is 1. The molecule has 0 amide bonds. The van der Waals surface area contributed by atoms with Crippen LogP contribution in [0.25, 0.3) is 0 Å². The first-order chi connectivity index (χ1) is 7.20. The second-order valence-electron chi connectivity index (χ2n) is 3.99. The highest BCUT2D eigenvalue weighted by Gasteiger charge is 2.23. The third-order valence-corrected chi connectivity index (χ3v) is 2.86. The first kappa shape index (κ1) is 10.2. The molecule has 1 atom stereocenters. The number of rotatable bonds is 2. The van der Waals surface area contributed by atoms with Gasteiger partial charge in [-0.1, -0.05) is 0 Å². The molecule has 1 saturated heterocycles. The predicted octanol–water partition coefficient (Wildman–Crippen LogP) is 1.23. The van der Waals surface area contributed by atoms with Gasteiger partial charge in [-0.15, -0.1) is 0 Å². The van der Waals surface area contributed by atoms with Crippen LogP contribution >= 0.6 is 0 Å². The van der Waals surface area contributed by atoms with E-state index in [4.69, 9.17) is 10.8 Å². The van der Waals surface area contributed by atoms with E-state index in [0.29, 0.717) is 11.4 Å². The standard InChI is InChI=1S/C11H15FN2O/c12-10-5-9(13)1-2-11(10)14-4-3-8(6-14)7-15/h1-2,5,8,15H,3-4,6-7,13H2/t8-/m1/s1. The minimum absolute atomic E-state index is 0.174. The molecule has 3 N–H and O–H groups in total. The number of hydrogen-bond donors (Lipinski definition) is 2. The van der Waals surface area contributed by atoms with Gasteiger partial charge in [0.05, 0.1) is 5.69 Å². The number of nitrogens with zero attached hydrogens (tertiary/aromatic N) is 1. The summed E-state index contributed by atoms with van der Waals surface area (Å²) >= 11 is 0. The van der Waals surface area contributed by atoms with E-state index < -0.39 is 0 Å². The number of aliphatic hydroxyl groups excluding tert-OH is 1. The van der Waals surface area contributed by atoms with Crippen molar-refractivity contribution in [3.63, 3.8) is 0 Å². The molecule has 1 aromatic carbocycles. The van der Waals surface area contributed by atoms with E-state index in [2.05, 4.69) is 0 Å². The molecule has 0 saturated carbocycles. The molecule has 15 heavy (non-hydrogen) atoms. The lowest BCUT2D eigenvalue weighted by molar-refractivity contribution is 0.238. The van der Waals surface area contributed by atoms with E-state index in [9.17, 15) is 4.39 Å². The summed E-state index contributed by atoms with van der Waals surface area (Å²) < 4.78 is 13.5. The van der Waals surface area contributed by atoms with Gasteiger partial charge in [-0.25, -0.2) is 4.39 Å². The van der Waals surface area contributed by atoms with Crippen LogP contribution in [0.2, 0.25) is 0 Å². The normalized spacial score (nSPS) is 20.9. The second-order valence-corrected chi connectivity index (χ2v) is 3.99. The van der Waals surface area contributed by atoms with Crippen molar-refractivity contribution in [1.29, 1.82) is 0 Å². The molecule has 1 aromatic rings.